The van der Waals surface area contributed by atoms with Crippen LogP contribution in [0.1, 0.15) is 20.8 Å². The van der Waals surface area contributed by atoms with Gasteiger partial charge in [0.15, 0.2) is 5.13 Å². The first-order chi connectivity index (χ1) is 9.13. The second-order valence-electron chi connectivity index (χ2n) is 3.92. The third-order valence-electron chi connectivity index (χ3n) is 2.53. The van der Waals surface area contributed by atoms with Crippen molar-refractivity contribution in [3.63, 3.8) is 0 Å². The number of methoxy groups -OCH3 is 1. The molecule has 0 bridgehead atoms. The molecule has 0 saturated heterocycles. The molecule has 2 aromatic rings. The van der Waals surface area contributed by atoms with Gasteiger partial charge in [-0.05, 0) is 24.6 Å². The molecule has 5 nitrogen and oxygen atoms in total. The number of nitrogens with one attached hydrogen (secondary N) is 1. The normalized spacial score (nSPS) is 10.3. The van der Waals surface area contributed by atoms with Gasteiger partial charge in [0.25, 0.3) is 5.91 Å². The fourth-order valence-corrected chi connectivity index (χ4v) is 2.26. The van der Waals surface area contributed by atoms with Crippen LogP contribution >= 0.6 is 11.3 Å². The fraction of sp³-hybridized carbons (Fsp3) is 0.231. The van der Waals surface area contributed by atoms with Crippen molar-refractivity contribution in [1.82, 2.24) is 4.98 Å². The van der Waals surface area contributed by atoms with Crippen LogP contribution in [0.5, 0.6) is 5.75 Å². The molecule has 0 aliphatic rings. The third kappa shape index (κ3) is 3.10. The zero-order chi connectivity index (χ0) is 13.8. The summed E-state index contributed by atoms with van der Waals surface area (Å²) in [6.45, 7) is 1.83. The van der Waals surface area contributed by atoms with Gasteiger partial charge in [-0.25, -0.2) is 4.98 Å². The second kappa shape index (κ2) is 5.81. The van der Waals surface area contributed by atoms with Crippen LogP contribution in [0.4, 0.5) is 5.13 Å². The molecule has 2 N–H and O–H groups in total. The fourth-order valence-electron chi connectivity index (χ4n) is 1.60. The summed E-state index contributed by atoms with van der Waals surface area (Å²) in [5, 5.41) is 12.3. The monoisotopic (exact) mass is 278 g/mol. The number of hydrogen-bond donors (Lipinski definition) is 2. The molecule has 1 aromatic heterocycles. The molecule has 1 aromatic carbocycles. The summed E-state index contributed by atoms with van der Waals surface area (Å²) < 4.78 is 5.16. The molecule has 0 aliphatic carbocycles. The number of benzene rings is 1. The zero-order valence-corrected chi connectivity index (χ0v) is 11.5. The SMILES string of the molecule is COc1cc(CO)ccc1C(=O)Nc1ncc(C)s1. The molecule has 0 atom stereocenters. The number of thiazole rings is 1. The smallest absolute Gasteiger partial charge is 0.261 e. The van der Waals surface area contributed by atoms with Gasteiger partial charge in [-0.2, -0.15) is 0 Å². The summed E-state index contributed by atoms with van der Waals surface area (Å²) >= 11 is 1.41. The number of aliphatic hydroxyl groups excluding tert-OH is 1. The van der Waals surface area contributed by atoms with Crippen molar-refractivity contribution in [3.05, 3.63) is 40.4 Å². The molecule has 0 saturated carbocycles. The van der Waals surface area contributed by atoms with Gasteiger partial charge in [-0.15, -0.1) is 11.3 Å². The van der Waals surface area contributed by atoms with Crippen molar-refractivity contribution >= 4 is 22.4 Å². The van der Waals surface area contributed by atoms with Crippen LogP contribution in [-0.2, 0) is 6.61 Å². The number of ether oxygens (including phenoxy) is 1. The van der Waals surface area contributed by atoms with Crippen LogP contribution in [0, 0.1) is 6.92 Å². The van der Waals surface area contributed by atoms with E-state index in [4.69, 9.17) is 9.84 Å². The Morgan fingerprint density at radius 3 is 2.89 bits per heavy atom. The lowest BCUT2D eigenvalue weighted by Crippen LogP contribution is -2.13. The van der Waals surface area contributed by atoms with E-state index in [1.165, 1.54) is 18.4 Å². The van der Waals surface area contributed by atoms with Crippen LogP contribution in [-0.4, -0.2) is 23.1 Å². The molecule has 0 aliphatic heterocycles. The maximum Gasteiger partial charge on any atom is 0.261 e. The molecule has 1 heterocycles. The van der Waals surface area contributed by atoms with Gasteiger partial charge in [-0.1, -0.05) is 6.07 Å². The number of carbonyl (C=O) groups excluding carboxylic acids is 1. The van der Waals surface area contributed by atoms with Crippen LogP contribution < -0.4 is 10.1 Å². The molecular formula is C13H14N2O3S. The van der Waals surface area contributed by atoms with E-state index in [-0.39, 0.29) is 12.5 Å². The van der Waals surface area contributed by atoms with Gasteiger partial charge in [-0.3, -0.25) is 10.1 Å². The van der Waals surface area contributed by atoms with Crippen molar-refractivity contribution in [3.8, 4) is 5.75 Å². The molecule has 0 unspecified atom stereocenters. The summed E-state index contributed by atoms with van der Waals surface area (Å²) in [6.07, 6.45) is 1.70. The number of amides is 1. The van der Waals surface area contributed by atoms with E-state index in [9.17, 15) is 4.79 Å². The number of nitrogens with zero attached hydrogens (tertiary/aromatic N) is 1. The number of aliphatic hydroxyl groups is 1. The molecule has 1 amide bonds. The largest absolute Gasteiger partial charge is 0.496 e. The lowest BCUT2D eigenvalue weighted by atomic mass is 10.1. The van der Waals surface area contributed by atoms with Gasteiger partial charge in [0.2, 0.25) is 0 Å². The Morgan fingerprint density at radius 2 is 2.32 bits per heavy atom. The highest BCUT2D eigenvalue weighted by atomic mass is 32.1. The minimum atomic E-state index is -0.282. The highest BCUT2D eigenvalue weighted by molar-refractivity contribution is 7.15. The van der Waals surface area contributed by atoms with Crippen LogP contribution in [0.2, 0.25) is 0 Å². The topological polar surface area (TPSA) is 71.5 Å². The molecule has 0 fully saturated rings. The lowest BCUT2D eigenvalue weighted by Gasteiger charge is -2.09. The summed E-state index contributed by atoms with van der Waals surface area (Å²) in [4.78, 5) is 17.2. The predicted molar refractivity (Wildman–Crippen MR) is 73.7 cm³/mol. The highest BCUT2D eigenvalue weighted by Gasteiger charge is 2.14. The van der Waals surface area contributed by atoms with Gasteiger partial charge in [0.1, 0.15) is 5.75 Å². The van der Waals surface area contributed by atoms with E-state index in [1.54, 1.807) is 24.4 Å². The molecule has 0 radical (unpaired) electrons. The summed E-state index contributed by atoms with van der Waals surface area (Å²) in [6, 6.07) is 4.95. The average molecular weight is 278 g/mol. The standard InChI is InChI=1S/C13H14N2O3S/c1-8-6-14-13(19-8)15-12(17)10-4-3-9(7-16)5-11(10)18-2/h3-6,16H,7H2,1-2H3,(H,14,15,17). The number of anilines is 1. The summed E-state index contributed by atoms with van der Waals surface area (Å²) in [5.41, 5.74) is 1.10. The van der Waals surface area contributed by atoms with Gasteiger partial charge in [0.05, 0.1) is 19.3 Å². The van der Waals surface area contributed by atoms with Crippen molar-refractivity contribution in [2.45, 2.75) is 13.5 Å². The Balaban J connectivity index is 2.23. The highest BCUT2D eigenvalue weighted by Crippen LogP contribution is 2.23. The number of hydrogen-bond acceptors (Lipinski definition) is 5. The Morgan fingerprint density at radius 1 is 1.53 bits per heavy atom. The summed E-state index contributed by atoms with van der Waals surface area (Å²) in [7, 11) is 1.49. The van der Waals surface area contributed by atoms with Crippen LogP contribution in [0.15, 0.2) is 24.4 Å². The Bertz CT molecular complexity index is 595. The third-order valence-corrected chi connectivity index (χ3v) is 3.36. The van der Waals surface area contributed by atoms with Gasteiger partial charge >= 0.3 is 0 Å². The quantitative estimate of drug-likeness (QED) is 0.899. The van der Waals surface area contributed by atoms with Crippen LogP contribution in [0.3, 0.4) is 0 Å². The first kappa shape index (κ1) is 13.5. The Kier molecular flexibility index (Phi) is 4.13. The molecular weight excluding hydrogens is 264 g/mol. The molecule has 2 rings (SSSR count). The van der Waals surface area contributed by atoms with Crippen molar-refractivity contribution in [1.29, 1.82) is 0 Å². The van der Waals surface area contributed by atoms with E-state index in [2.05, 4.69) is 10.3 Å². The molecule has 6 heteroatoms. The predicted octanol–water partition coefficient (Wildman–Crippen LogP) is 2.20. The van der Waals surface area contributed by atoms with Gasteiger partial charge < -0.3 is 9.84 Å². The Labute approximate surface area is 114 Å². The molecule has 100 valence electrons. The maximum atomic E-state index is 12.1. The molecule has 19 heavy (non-hydrogen) atoms. The van der Waals surface area contributed by atoms with Crippen LogP contribution in [0.25, 0.3) is 0 Å². The maximum absolute atomic E-state index is 12.1. The van der Waals surface area contributed by atoms with Crippen molar-refractivity contribution in [2.75, 3.05) is 12.4 Å². The average Bonchev–Trinajstić information content (AvgIpc) is 2.83. The number of aromatic nitrogens is 1. The number of aryl methyl sites for hydroxylation is 1. The zero-order valence-electron chi connectivity index (χ0n) is 10.6. The first-order valence-corrected chi connectivity index (χ1v) is 6.47. The van der Waals surface area contributed by atoms with E-state index in [0.29, 0.717) is 22.0 Å². The van der Waals surface area contributed by atoms with Crippen molar-refractivity contribution in [2.24, 2.45) is 0 Å². The number of carbonyl (C=O) groups is 1. The molecule has 0 spiro atoms. The van der Waals surface area contributed by atoms with Crippen molar-refractivity contribution < 1.29 is 14.6 Å². The van der Waals surface area contributed by atoms with E-state index in [0.717, 1.165) is 4.88 Å². The summed E-state index contributed by atoms with van der Waals surface area (Å²) in [5.74, 6) is 0.146. The van der Waals surface area contributed by atoms with E-state index >= 15 is 0 Å². The number of rotatable bonds is 4. The Hall–Kier alpha value is -1.92. The second-order valence-corrected chi connectivity index (χ2v) is 5.16. The van der Waals surface area contributed by atoms with Gasteiger partial charge in [0, 0.05) is 11.1 Å². The minimum absolute atomic E-state index is 0.0933. The van der Waals surface area contributed by atoms with E-state index in [1.807, 2.05) is 6.92 Å². The minimum Gasteiger partial charge on any atom is -0.496 e. The first-order valence-electron chi connectivity index (χ1n) is 5.65. The lowest BCUT2D eigenvalue weighted by molar-refractivity contribution is 0.102. The van der Waals surface area contributed by atoms with E-state index < -0.39 is 0 Å².